The van der Waals surface area contributed by atoms with Gasteiger partial charge in [0.05, 0.1) is 0 Å². The van der Waals surface area contributed by atoms with E-state index in [-0.39, 0.29) is 5.41 Å². The summed E-state index contributed by atoms with van der Waals surface area (Å²) in [5.41, 5.74) is 23.5. The Morgan fingerprint density at radius 2 is 0.545 bits per heavy atom. The van der Waals surface area contributed by atoms with E-state index >= 15 is 0 Å². The first-order chi connectivity index (χ1) is 48.8. The third kappa shape index (κ3) is 9.86. The van der Waals surface area contributed by atoms with Gasteiger partial charge in [-0.2, -0.15) is 0 Å². The summed E-state index contributed by atoms with van der Waals surface area (Å²) >= 11 is 0. The molecule has 0 N–H and O–H groups in total. The van der Waals surface area contributed by atoms with E-state index < -0.39 is 0 Å². The van der Waals surface area contributed by atoms with E-state index in [1.165, 1.54) is 131 Å². The van der Waals surface area contributed by atoms with Gasteiger partial charge < -0.3 is 9.80 Å². The molecule has 0 fully saturated rings. The van der Waals surface area contributed by atoms with Gasteiger partial charge in [-0.15, -0.1) is 0 Å². The molecule has 0 saturated heterocycles. The SMILES string of the molecule is CC1(C)c2ccccc2-c2ccc(-c3ccc4c(c3)c3cc(-c5ccccc5)ccc3c3c(-c5ccc(N(c6ccc7ccccc7c6)c6ccc7ccccc7c6)cc5)cc(-c5ccccc5)c(-c5ccc(N(c6ccc7ccccc7c6)c6ccc7ccccc7c6)cc5)c43)cc21. The lowest BCUT2D eigenvalue weighted by atomic mass is 9.80. The predicted molar refractivity (Wildman–Crippen MR) is 423 cm³/mol. The minimum absolute atomic E-state index is 0.147. The van der Waals surface area contributed by atoms with Crippen LogP contribution in [0, 0.1) is 0 Å². The molecule has 0 unspecified atom stereocenters. The van der Waals surface area contributed by atoms with Gasteiger partial charge in [0.2, 0.25) is 0 Å². The fraction of sp³-hybridized carbons (Fsp3) is 0.0309. The fourth-order valence-electron chi connectivity index (χ4n) is 16.2. The molecular weight excluding hydrogens is 1190 g/mol. The van der Waals surface area contributed by atoms with Crippen LogP contribution in [0.4, 0.5) is 34.1 Å². The molecule has 19 rings (SSSR count). The summed E-state index contributed by atoms with van der Waals surface area (Å²) in [6.07, 6.45) is 0. The van der Waals surface area contributed by atoms with Gasteiger partial charge in [-0.25, -0.2) is 0 Å². The highest BCUT2D eigenvalue weighted by Gasteiger charge is 2.35. The summed E-state index contributed by atoms with van der Waals surface area (Å²) in [7, 11) is 0. The molecule has 0 aromatic heterocycles. The fourth-order valence-corrected chi connectivity index (χ4v) is 16.2. The molecule has 0 aliphatic heterocycles. The molecule has 18 aromatic carbocycles. The maximum atomic E-state index is 2.51. The van der Waals surface area contributed by atoms with Crippen LogP contribution >= 0.6 is 0 Å². The van der Waals surface area contributed by atoms with Crippen molar-refractivity contribution in [3.63, 3.8) is 0 Å². The highest BCUT2D eigenvalue weighted by atomic mass is 15.1. The molecular formula is C97H66N2. The van der Waals surface area contributed by atoms with Gasteiger partial charge in [-0.3, -0.25) is 0 Å². The first-order valence-corrected chi connectivity index (χ1v) is 34.4. The molecule has 18 aromatic rings. The van der Waals surface area contributed by atoms with Crippen molar-refractivity contribution < 1.29 is 0 Å². The summed E-state index contributed by atoms with van der Waals surface area (Å²) in [4.78, 5) is 4.83. The Labute approximate surface area is 576 Å². The van der Waals surface area contributed by atoms with Gasteiger partial charge in [0, 0.05) is 39.5 Å². The number of fused-ring (bicyclic) bond motifs is 13. The summed E-state index contributed by atoms with van der Waals surface area (Å²) in [6, 6.07) is 136. The first-order valence-electron chi connectivity index (χ1n) is 34.4. The van der Waals surface area contributed by atoms with Crippen molar-refractivity contribution in [3.8, 4) is 66.8 Å². The molecule has 464 valence electrons. The standard InChI is InChI=1S/C97H66N2/c1-97(2)92-32-18-17-31-84(92)85-52-41-77(61-93(85)97)76-43-54-87-91(60-76)90-59-75(63-19-5-3-6-20-63)42-53-86(90)95-89(69-37-44-78(45-38-69)98(80-48-33-64-21-9-13-27-71(64)55-80)81-49-34-65-22-10-14-28-72(65)56-81)62-88(68-25-7-4-8-26-68)94(96(87)95)70-39-46-79(47-40-70)99(82-50-35-66-23-11-15-29-73(66)57-82)83-51-36-67-24-12-16-30-74(67)58-83/h3-62H,1-2H3. The van der Waals surface area contributed by atoms with Crippen LogP contribution in [-0.2, 0) is 5.41 Å². The molecule has 99 heavy (non-hydrogen) atoms. The largest absolute Gasteiger partial charge is 0.310 e. The Hall–Kier alpha value is -12.6. The van der Waals surface area contributed by atoms with Gasteiger partial charge in [0.25, 0.3) is 0 Å². The monoisotopic (exact) mass is 1260 g/mol. The Balaban J connectivity index is 0.870. The van der Waals surface area contributed by atoms with Crippen LogP contribution in [0.1, 0.15) is 25.0 Å². The average Bonchev–Trinajstić information content (AvgIpc) is 0.860. The highest BCUT2D eigenvalue weighted by Crippen LogP contribution is 2.53. The lowest BCUT2D eigenvalue weighted by Gasteiger charge is -2.27. The molecule has 1 aliphatic rings. The summed E-state index contributed by atoms with van der Waals surface area (Å²) in [5.74, 6) is 0. The van der Waals surface area contributed by atoms with E-state index in [9.17, 15) is 0 Å². The lowest BCUT2D eigenvalue weighted by Crippen LogP contribution is -2.14. The smallest absolute Gasteiger partial charge is 0.0468 e. The van der Waals surface area contributed by atoms with E-state index in [0.29, 0.717) is 0 Å². The van der Waals surface area contributed by atoms with Crippen molar-refractivity contribution in [2.45, 2.75) is 19.3 Å². The van der Waals surface area contributed by atoms with Gasteiger partial charge in [0.1, 0.15) is 0 Å². The van der Waals surface area contributed by atoms with Crippen LogP contribution in [0.3, 0.4) is 0 Å². The van der Waals surface area contributed by atoms with Crippen molar-refractivity contribution in [1.82, 2.24) is 0 Å². The number of nitrogens with zero attached hydrogens (tertiary/aromatic N) is 2. The molecule has 0 atom stereocenters. The van der Waals surface area contributed by atoms with Crippen LogP contribution in [-0.4, -0.2) is 0 Å². The van der Waals surface area contributed by atoms with Crippen molar-refractivity contribution in [2.75, 3.05) is 9.80 Å². The molecule has 0 heterocycles. The van der Waals surface area contributed by atoms with Crippen LogP contribution < -0.4 is 9.80 Å². The third-order valence-electron chi connectivity index (χ3n) is 21.1. The predicted octanol–water partition coefficient (Wildman–Crippen LogP) is 27.3. The first kappa shape index (κ1) is 57.8. The Morgan fingerprint density at radius 1 is 0.192 bits per heavy atom. The van der Waals surface area contributed by atoms with E-state index in [2.05, 4.69) is 388 Å². The molecule has 1 aliphatic carbocycles. The molecule has 2 nitrogen and oxygen atoms in total. The lowest BCUT2D eigenvalue weighted by molar-refractivity contribution is 0.660. The van der Waals surface area contributed by atoms with Crippen molar-refractivity contribution >= 4 is 110 Å². The number of anilines is 6. The minimum atomic E-state index is -0.147. The second-order valence-electron chi connectivity index (χ2n) is 27.2. The van der Waals surface area contributed by atoms with E-state index in [1.807, 2.05) is 0 Å². The Kier molecular flexibility index (Phi) is 13.6. The zero-order valence-corrected chi connectivity index (χ0v) is 55.0. The van der Waals surface area contributed by atoms with Crippen molar-refractivity contribution in [1.29, 1.82) is 0 Å². The molecule has 0 radical (unpaired) electrons. The zero-order chi connectivity index (χ0) is 65.7. The van der Waals surface area contributed by atoms with Crippen LogP contribution in [0.5, 0.6) is 0 Å². The quantitative estimate of drug-likeness (QED) is 0.119. The Bertz CT molecular complexity index is 6090. The topological polar surface area (TPSA) is 6.48 Å². The van der Waals surface area contributed by atoms with Gasteiger partial charge >= 0.3 is 0 Å². The number of hydrogen-bond donors (Lipinski definition) is 0. The molecule has 0 spiro atoms. The van der Waals surface area contributed by atoms with E-state index in [0.717, 1.165) is 56.4 Å². The molecule has 0 bridgehead atoms. The summed E-state index contributed by atoms with van der Waals surface area (Å²) in [6.45, 7) is 4.76. The summed E-state index contributed by atoms with van der Waals surface area (Å²) in [5, 5.41) is 16.9. The van der Waals surface area contributed by atoms with E-state index in [1.54, 1.807) is 0 Å². The molecule has 2 heteroatoms. The molecule has 0 saturated carbocycles. The maximum Gasteiger partial charge on any atom is 0.0468 e. The summed E-state index contributed by atoms with van der Waals surface area (Å²) < 4.78 is 0. The average molecular weight is 1260 g/mol. The van der Waals surface area contributed by atoms with Crippen LogP contribution in [0.2, 0.25) is 0 Å². The van der Waals surface area contributed by atoms with Gasteiger partial charge in [-0.1, -0.05) is 281 Å². The van der Waals surface area contributed by atoms with Gasteiger partial charge in [0.15, 0.2) is 0 Å². The number of benzene rings is 18. The van der Waals surface area contributed by atoms with Crippen molar-refractivity contribution in [2.24, 2.45) is 0 Å². The van der Waals surface area contributed by atoms with E-state index in [4.69, 9.17) is 0 Å². The minimum Gasteiger partial charge on any atom is -0.310 e. The van der Waals surface area contributed by atoms with Crippen LogP contribution in [0.15, 0.2) is 364 Å². The second kappa shape index (κ2) is 23.3. The maximum absolute atomic E-state index is 2.51. The second-order valence-corrected chi connectivity index (χ2v) is 27.2. The van der Waals surface area contributed by atoms with Crippen LogP contribution in [0.25, 0.3) is 142 Å². The third-order valence-corrected chi connectivity index (χ3v) is 21.1. The molecule has 0 amide bonds. The Morgan fingerprint density at radius 3 is 1.04 bits per heavy atom. The number of rotatable bonds is 11. The zero-order valence-electron chi connectivity index (χ0n) is 55.0. The highest BCUT2D eigenvalue weighted by molar-refractivity contribution is 6.33. The normalized spacial score (nSPS) is 12.4. The van der Waals surface area contributed by atoms with Gasteiger partial charge in [-0.05, 0) is 250 Å². The number of hydrogen-bond acceptors (Lipinski definition) is 2. The van der Waals surface area contributed by atoms with Crippen molar-refractivity contribution in [3.05, 3.63) is 375 Å².